The van der Waals surface area contributed by atoms with Gasteiger partial charge in [-0.25, -0.2) is 4.79 Å². The van der Waals surface area contributed by atoms with E-state index in [0.29, 0.717) is 13.1 Å². The standard InChI is InChI=1S/C9H16N4O/c1-4-10-9(14)11-8-5-7(2)12-13(3)6-8/h5H,4,6H2,1-3H3,(H2,10,11,14). The van der Waals surface area contributed by atoms with Gasteiger partial charge in [0.05, 0.1) is 12.3 Å². The molecule has 14 heavy (non-hydrogen) atoms. The third-order valence-corrected chi connectivity index (χ3v) is 1.72. The summed E-state index contributed by atoms with van der Waals surface area (Å²) in [5.41, 5.74) is 1.76. The molecule has 78 valence electrons. The molecule has 1 aliphatic rings. The van der Waals surface area contributed by atoms with Crippen molar-refractivity contribution in [3.8, 4) is 0 Å². The van der Waals surface area contributed by atoms with Crippen LogP contribution in [-0.4, -0.2) is 36.9 Å². The molecule has 2 amide bonds. The quantitative estimate of drug-likeness (QED) is 0.676. The third kappa shape index (κ3) is 3.08. The van der Waals surface area contributed by atoms with Gasteiger partial charge in [-0.05, 0) is 19.9 Å². The number of hydrogen-bond donors (Lipinski definition) is 2. The van der Waals surface area contributed by atoms with Crippen LogP contribution in [0.1, 0.15) is 13.8 Å². The number of nitrogens with zero attached hydrogens (tertiary/aromatic N) is 2. The van der Waals surface area contributed by atoms with Crippen molar-refractivity contribution in [3.63, 3.8) is 0 Å². The van der Waals surface area contributed by atoms with E-state index in [2.05, 4.69) is 15.7 Å². The Balaban J connectivity index is 2.53. The Bertz CT molecular complexity index is 283. The minimum Gasteiger partial charge on any atom is -0.338 e. The van der Waals surface area contributed by atoms with Crippen LogP contribution >= 0.6 is 0 Å². The van der Waals surface area contributed by atoms with Crippen LogP contribution in [0.3, 0.4) is 0 Å². The zero-order chi connectivity index (χ0) is 10.6. The first kappa shape index (κ1) is 10.6. The fourth-order valence-electron chi connectivity index (χ4n) is 1.30. The number of nitrogens with one attached hydrogen (secondary N) is 2. The van der Waals surface area contributed by atoms with Gasteiger partial charge in [0, 0.05) is 19.3 Å². The maximum Gasteiger partial charge on any atom is 0.319 e. The molecule has 0 saturated heterocycles. The number of allylic oxidation sites excluding steroid dienone is 1. The molecule has 0 unspecified atom stereocenters. The Labute approximate surface area is 83.8 Å². The first-order valence-electron chi connectivity index (χ1n) is 4.63. The number of urea groups is 1. The maximum atomic E-state index is 11.2. The van der Waals surface area contributed by atoms with Crippen molar-refractivity contribution in [1.82, 2.24) is 15.6 Å². The van der Waals surface area contributed by atoms with Gasteiger partial charge in [0.25, 0.3) is 0 Å². The van der Waals surface area contributed by atoms with Crippen LogP contribution in [0.15, 0.2) is 16.9 Å². The van der Waals surface area contributed by atoms with E-state index in [-0.39, 0.29) is 6.03 Å². The molecule has 0 aliphatic carbocycles. The highest BCUT2D eigenvalue weighted by atomic mass is 16.2. The lowest BCUT2D eigenvalue weighted by atomic mass is 10.3. The molecule has 0 saturated carbocycles. The zero-order valence-electron chi connectivity index (χ0n) is 8.79. The predicted octanol–water partition coefficient (Wildman–Crippen LogP) is 0.511. The summed E-state index contributed by atoms with van der Waals surface area (Å²) in [6.45, 7) is 5.04. The molecule has 5 nitrogen and oxygen atoms in total. The predicted molar refractivity (Wildman–Crippen MR) is 56.0 cm³/mol. The number of hydrazone groups is 1. The number of amides is 2. The summed E-state index contributed by atoms with van der Waals surface area (Å²) in [7, 11) is 1.87. The molecule has 0 spiro atoms. The first-order chi connectivity index (χ1) is 6.61. The summed E-state index contributed by atoms with van der Waals surface area (Å²) >= 11 is 0. The fourth-order valence-corrected chi connectivity index (χ4v) is 1.30. The zero-order valence-corrected chi connectivity index (χ0v) is 8.79. The highest BCUT2D eigenvalue weighted by Gasteiger charge is 2.09. The molecule has 2 N–H and O–H groups in total. The third-order valence-electron chi connectivity index (χ3n) is 1.72. The van der Waals surface area contributed by atoms with E-state index in [9.17, 15) is 4.79 Å². The summed E-state index contributed by atoms with van der Waals surface area (Å²) in [6, 6.07) is -0.165. The minimum atomic E-state index is -0.165. The topological polar surface area (TPSA) is 56.7 Å². The molecule has 0 atom stereocenters. The molecular formula is C9H16N4O. The lowest BCUT2D eigenvalue weighted by Crippen LogP contribution is -2.38. The number of rotatable bonds is 2. The van der Waals surface area contributed by atoms with Crippen molar-refractivity contribution >= 4 is 11.7 Å². The molecule has 0 aromatic rings. The van der Waals surface area contributed by atoms with E-state index < -0.39 is 0 Å². The van der Waals surface area contributed by atoms with Crippen molar-refractivity contribution in [2.45, 2.75) is 13.8 Å². The normalized spacial score (nSPS) is 15.8. The van der Waals surface area contributed by atoms with E-state index in [1.807, 2.05) is 27.0 Å². The van der Waals surface area contributed by atoms with Gasteiger partial charge in [-0.1, -0.05) is 0 Å². The average molecular weight is 196 g/mol. The molecule has 1 heterocycles. The van der Waals surface area contributed by atoms with Gasteiger partial charge >= 0.3 is 6.03 Å². The van der Waals surface area contributed by atoms with Gasteiger partial charge < -0.3 is 10.6 Å². The van der Waals surface area contributed by atoms with Crippen LogP contribution in [0, 0.1) is 0 Å². The van der Waals surface area contributed by atoms with Crippen LogP contribution in [0.5, 0.6) is 0 Å². The van der Waals surface area contributed by atoms with E-state index in [1.54, 1.807) is 5.01 Å². The number of likely N-dealkylation sites (N-methyl/N-ethyl adjacent to an activating group) is 1. The molecule has 0 fully saturated rings. The van der Waals surface area contributed by atoms with Gasteiger partial charge in [-0.2, -0.15) is 5.10 Å². The second kappa shape index (κ2) is 4.64. The monoisotopic (exact) mass is 196 g/mol. The largest absolute Gasteiger partial charge is 0.338 e. The Hall–Kier alpha value is -1.52. The highest BCUT2D eigenvalue weighted by molar-refractivity contribution is 5.94. The van der Waals surface area contributed by atoms with E-state index >= 15 is 0 Å². The Morgan fingerprint density at radius 1 is 1.71 bits per heavy atom. The SMILES string of the molecule is CCNC(=O)NC1=CC(C)=NN(C)C1. The van der Waals surface area contributed by atoms with Crippen molar-refractivity contribution in [1.29, 1.82) is 0 Å². The summed E-state index contributed by atoms with van der Waals surface area (Å²) < 4.78 is 0. The Morgan fingerprint density at radius 3 is 3.00 bits per heavy atom. The molecule has 5 heteroatoms. The van der Waals surface area contributed by atoms with Gasteiger partial charge in [-0.15, -0.1) is 0 Å². The molecule has 0 aromatic carbocycles. The smallest absolute Gasteiger partial charge is 0.319 e. The number of hydrogen-bond acceptors (Lipinski definition) is 3. The molecular weight excluding hydrogens is 180 g/mol. The lowest BCUT2D eigenvalue weighted by molar-refractivity contribution is 0.242. The Morgan fingerprint density at radius 2 is 2.43 bits per heavy atom. The van der Waals surface area contributed by atoms with Crippen LogP contribution in [0.2, 0.25) is 0 Å². The maximum absolute atomic E-state index is 11.2. The van der Waals surface area contributed by atoms with E-state index in [1.165, 1.54) is 0 Å². The second-order valence-corrected chi connectivity index (χ2v) is 3.21. The van der Waals surface area contributed by atoms with Crippen LogP contribution in [-0.2, 0) is 0 Å². The number of carbonyl (C=O) groups excluding carboxylic acids is 1. The minimum absolute atomic E-state index is 0.165. The van der Waals surface area contributed by atoms with Crippen molar-refractivity contribution in [3.05, 3.63) is 11.8 Å². The van der Waals surface area contributed by atoms with E-state index in [4.69, 9.17) is 0 Å². The summed E-state index contributed by atoms with van der Waals surface area (Å²) in [6.07, 6.45) is 1.87. The molecule has 0 bridgehead atoms. The molecule has 0 radical (unpaired) electrons. The van der Waals surface area contributed by atoms with Crippen molar-refractivity contribution in [2.24, 2.45) is 5.10 Å². The van der Waals surface area contributed by atoms with Gasteiger partial charge in [0.15, 0.2) is 0 Å². The van der Waals surface area contributed by atoms with Crippen molar-refractivity contribution < 1.29 is 4.79 Å². The number of carbonyl (C=O) groups is 1. The molecule has 1 aliphatic heterocycles. The van der Waals surface area contributed by atoms with Gasteiger partial charge in [-0.3, -0.25) is 5.01 Å². The van der Waals surface area contributed by atoms with Crippen LogP contribution in [0.4, 0.5) is 4.79 Å². The molecule has 0 aromatic heterocycles. The van der Waals surface area contributed by atoms with Crippen molar-refractivity contribution in [2.75, 3.05) is 20.1 Å². The summed E-state index contributed by atoms with van der Waals surface area (Å²) in [4.78, 5) is 11.2. The van der Waals surface area contributed by atoms with Gasteiger partial charge in [0.1, 0.15) is 0 Å². The van der Waals surface area contributed by atoms with E-state index in [0.717, 1.165) is 11.4 Å². The average Bonchev–Trinajstić information content (AvgIpc) is 2.01. The fraction of sp³-hybridized carbons (Fsp3) is 0.556. The highest BCUT2D eigenvalue weighted by Crippen LogP contribution is 2.02. The van der Waals surface area contributed by atoms with Crippen LogP contribution in [0.25, 0.3) is 0 Å². The second-order valence-electron chi connectivity index (χ2n) is 3.21. The lowest BCUT2D eigenvalue weighted by Gasteiger charge is -2.21. The Kier molecular flexibility index (Phi) is 3.50. The molecule has 1 rings (SSSR count). The first-order valence-corrected chi connectivity index (χ1v) is 4.63. The van der Waals surface area contributed by atoms with Gasteiger partial charge in [0.2, 0.25) is 0 Å². The summed E-state index contributed by atoms with van der Waals surface area (Å²) in [5.74, 6) is 0. The van der Waals surface area contributed by atoms with Crippen LogP contribution < -0.4 is 10.6 Å². The summed E-state index contributed by atoms with van der Waals surface area (Å²) in [5, 5.41) is 11.4.